The van der Waals surface area contributed by atoms with Crippen molar-refractivity contribution < 1.29 is 0 Å². The van der Waals surface area contributed by atoms with Gasteiger partial charge in [0.15, 0.2) is 0 Å². The molecule has 3 heterocycles. The third-order valence-electron chi connectivity index (χ3n) is 11.5. The Labute approximate surface area is 326 Å². The zero-order valence-corrected chi connectivity index (χ0v) is 30.5. The highest BCUT2D eigenvalue weighted by Crippen LogP contribution is 2.59. The van der Waals surface area contributed by atoms with Gasteiger partial charge in [0, 0.05) is 46.5 Å². The number of hydrogen-bond acceptors (Lipinski definition) is 3. The Morgan fingerprint density at radius 3 is 1.21 bits per heavy atom. The first-order valence-electron chi connectivity index (χ1n) is 19.2. The highest BCUT2D eigenvalue weighted by atomic mass is 14.7. The summed E-state index contributed by atoms with van der Waals surface area (Å²) in [5.41, 5.74) is 21.3. The van der Waals surface area contributed by atoms with Gasteiger partial charge in [-0.05, 0) is 104 Å². The highest BCUT2D eigenvalue weighted by molar-refractivity contribution is 5.93. The van der Waals surface area contributed by atoms with E-state index in [1.807, 2.05) is 24.5 Å². The van der Waals surface area contributed by atoms with E-state index in [4.69, 9.17) is 15.0 Å². The predicted molar refractivity (Wildman–Crippen MR) is 227 cm³/mol. The number of pyridine rings is 3. The highest BCUT2D eigenvalue weighted by Gasteiger charge is 2.40. The van der Waals surface area contributed by atoms with Gasteiger partial charge in [-0.3, -0.25) is 9.97 Å². The van der Waals surface area contributed by atoms with Gasteiger partial charge in [-0.25, -0.2) is 4.98 Å². The molecule has 2 aliphatic rings. The number of aromatic nitrogens is 3. The maximum atomic E-state index is 5.30. The van der Waals surface area contributed by atoms with Crippen LogP contribution >= 0.6 is 0 Å². The summed E-state index contributed by atoms with van der Waals surface area (Å²) in [7, 11) is 0. The Hall–Kier alpha value is -7.23. The van der Waals surface area contributed by atoms with Gasteiger partial charge >= 0.3 is 0 Å². The second-order valence-corrected chi connectivity index (χ2v) is 14.7. The van der Waals surface area contributed by atoms with Gasteiger partial charge in [0.05, 0.1) is 22.8 Å². The number of rotatable bonds is 6. The first-order chi connectivity index (χ1) is 27.8. The summed E-state index contributed by atoms with van der Waals surface area (Å²) in [6, 6.07) is 67.8. The molecule has 0 spiro atoms. The van der Waals surface area contributed by atoms with E-state index in [1.54, 1.807) is 0 Å². The van der Waals surface area contributed by atoms with E-state index < -0.39 is 0 Å². The minimum Gasteiger partial charge on any atom is -0.256 e. The summed E-state index contributed by atoms with van der Waals surface area (Å²) in [6.07, 6.45) is 3.75. The summed E-state index contributed by atoms with van der Waals surface area (Å²) in [5, 5.41) is 0. The first kappa shape index (κ1) is 32.2. The fourth-order valence-corrected chi connectivity index (χ4v) is 9.08. The van der Waals surface area contributed by atoms with Gasteiger partial charge in [-0.2, -0.15) is 0 Å². The summed E-state index contributed by atoms with van der Waals surface area (Å²) in [5.74, 6) is 0.0291. The molecule has 9 aromatic rings. The molecular weight excluding hydrogens is 679 g/mol. The molecule has 2 atom stereocenters. The van der Waals surface area contributed by atoms with E-state index in [1.165, 1.54) is 55.6 Å². The van der Waals surface area contributed by atoms with Crippen molar-refractivity contribution in [2.45, 2.75) is 11.8 Å². The fraction of sp³-hybridized carbons (Fsp3) is 0.0377. The van der Waals surface area contributed by atoms with Crippen LogP contribution < -0.4 is 0 Å². The lowest BCUT2D eigenvalue weighted by Crippen LogP contribution is -2.08. The molecule has 3 nitrogen and oxygen atoms in total. The molecule has 3 aromatic heterocycles. The summed E-state index contributed by atoms with van der Waals surface area (Å²) >= 11 is 0. The standard InChI is InChI=1S/C53H35N3/c1-4-14-34(15-5-1)48-32-39(33-49(56-48)35-16-6-2-7-17-35)51-41-25-23-38(47-21-11-13-29-55-47)31-45(41)43-27-26-42-44-30-37(46-20-10-12-28-54-46)22-24-40(44)50(52(42)53(43)51)36-18-8-3-9-19-36/h1-33,50-51H. The molecule has 2 unspecified atom stereocenters. The summed E-state index contributed by atoms with van der Waals surface area (Å²) < 4.78 is 0. The van der Waals surface area contributed by atoms with Crippen molar-refractivity contribution >= 4 is 0 Å². The molecule has 0 N–H and O–H groups in total. The molecule has 0 radical (unpaired) electrons. The van der Waals surface area contributed by atoms with Crippen LogP contribution in [0.5, 0.6) is 0 Å². The van der Waals surface area contributed by atoms with E-state index in [-0.39, 0.29) is 11.8 Å². The largest absolute Gasteiger partial charge is 0.256 e. The second kappa shape index (κ2) is 13.3. The van der Waals surface area contributed by atoms with E-state index in [0.29, 0.717) is 0 Å². The SMILES string of the molecule is c1ccc(-c2cc(C3c4ccc(-c5ccccn5)cc4-c4ccc5c(c43)C(c3ccccc3)c3ccc(-c4ccccn4)cc3-5)cc(-c3ccccc3)n2)cc1. The van der Waals surface area contributed by atoms with Gasteiger partial charge in [0.1, 0.15) is 0 Å². The zero-order valence-electron chi connectivity index (χ0n) is 30.5. The van der Waals surface area contributed by atoms with Crippen LogP contribution in [-0.2, 0) is 0 Å². The molecule has 0 bridgehead atoms. The molecule has 0 aliphatic heterocycles. The van der Waals surface area contributed by atoms with E-state index >= 15 is 0 Å². The number of benzene rings is 6. The number of hydrogen-bond donors (Lipinski definition) is 0. The van der Waals surface area contributed by atoms with E-state index in [2.05, 4.69) is 176 Å². The average molecular weight is 714 g/mol. The lowest BCUT2D eigenvalue weighted by Gasteiger charge is -2.23. The molecule has 0 fully saturated rings. The quantitative estimate of drug-likeness (QED) is 0.172. The number of fused-ring (bicyclic) bond motifs is 7. The van der Waals surface area contributed by atoms with Crippen molar-refractivity contribution in [3.05, 3.63) is 234 Å². The molecule has 0 amide bonds. The van der Waals surface area contributed by atoms with Crippen LogP contribution in [-0.4, -0.2) is 15.0 Å². The van der Waals surface area contributed by atoms with Crippen LogP contribution in [0.1, 0.15) is 45.2 Å². The molecule has 0 saturated carbocycles. The maximum absolute atomic E-state index is 5.30. The lowest BCUT2D eigenvalue weighted by atomic mass is 9.80. The van der Waals surface area contributed by atoms with Gasteiger partial charge in [0.25, 0.3) is 0 Å². The summed E-state index contributed by atoms with van der Waals surface area (Å²) in [4.78, 5) is 14.8. The zero-order chi connectivity index (χ0) is 37.0. The fourth-order valence-electron chi connectivity index (χ4n) is 9.08. The Morgan fingerprint density at radius 2 is 0.750 bits per heavy atom. The van der Waals surface area contributed by atoms with Gasteiger partial charge < -0.3 is 0 Å². The van der Waals surface area contributed by atoms with Crippen molar-refractivity contribution in [1.82, 2.24) is 15.0 Å². The number of nitrogens with zero attached hydrogens (tertiary/aromatic N) is 3. The van der Waals surface area contributed by atoms with E-state index in [9.17, 15) is 0 Å². The van der Waals surface area contributed by atoms with Crippen molar-refractivity contribution in [2.24, 2.45) is 0 Å². The van der Waals surface area contributed by atoms with Crippen LogP contribution in [0.2, 0.25) is 0 Å². The molecule has 56 heavy (non-hydrogen) atoms. The molecule has 262 valence electrons. The lowest BCUT2D eigenvalue weighted by molar-refractivity contribution is 0.936. The maximum Gasteiger partial charge on any atom is 0.0712 e. The normalized spacial score (nSPS) is 14.8. The Kier molecular flexibility index (Phi) is 7.63. The van der Waals surface area contributed by atoms with Crippen LogP contribution in [0.25, 0.3) is 67.3 Å². The minimum atomic E-state index is -0.0311. The molecule has 6 aromatic carbocycles. The second-order valence-electron chi connectivity index (χ2n) is 14.7. The molecule has 0 saturated heterocycles. The Balaban J connectivity index is 1.20. The van der Waals surface area contributed by atoms with Crippen LogP contribution in [0.15, 0.2) is 200 Å². The van der Waals surface area contributed by atoms with Crippen molar-refractivity contribution in [1.29, 1.82) is 0 Å². The predicted octanol–water partition coefficient (Wildman–Crippen LogP) is 12.9. The van der Waals surface area contributed by atoms with Crippen LogP contribution in [0.4, 0.5) is 0 Å². The third kappa shape index (κ3) is 5.32. The van der Waals surface area contributed by atoms with Gasteiger partial charge in [0.2, 0.25) is 0 Å². The third-order valence-corrected chi connectivity index (χ3v) is 11.5. The van der Waals surface area contributed by atoms with Crippen molar-refractivity contribution in [3.8, 4) is 67.3 Å². The molecule has 2 aliphatic carbocycles. The van der Waals surface area contributed by atoms with E-state index in [0.717, 1.165) is 45.0 Å². The molecule has 11 rings (SSSR count). The van der Waals surface area contributed by atoms with Crippen LogP contribution in [0.3, 0.4) is 0 Å². The average Bonchev–Trinajstić information content (AvgIpc) is 3.80. The van der Waals surface area contributed by atoms with Crippen LogP contribution in [0, 0.1) is 0 Å². The first-order valence-corrected chi connectivity index (χ1v) is 19.2. The van der Waals surface area contributed by atoms with Crippen molar-refractivity contribution in [3.63, 3.8) is 0 Å². The smallest absolute Gasteiger partial charge is 0.0712 e. The monoisotopic (exact) mass is 713 g/mol. The van der Waals surface area contributed by atoms with Gasteiger partial charge in [-0.1, -0.05) is 140 Å². The molecule has 3 heteroatoms. The Bertz CT molecular complexity index is 2830. The minimum absolute atomic E-state index is 0.0311. The molecular formula is C53H35N3. The Morgan fingerprint density at radius 1 is 0.304 bits per heavy atom. The summed E-state index contributed by atoms with van der Waals surface area (Å²) in [6.45, 7) is 0. The topological polar surface area (TPSA) is 38.7 Å². The van der Waals surface area contributed by atoms with Crippen molar-refractivity contribution in [2.75, 3.05) is 0 Å². The van der Waals surface area contributed by atoms with Gasteiger partial charge in [-0.15, -0.1) is 0 Å².